The minimum absolute atomic E-state index is 0.0122. The average molecular weight is 509 g/mol. The molecule has 2 bridgehead atoms. The van der Waals surface area contributed by atoms with Crippen LogP contribution >= 0.6 is 0 Å². The zero-order valence-electron chi connectivity index (χ0n) is 21.1. The molecule has 4 heterocycles. The number of ether oxygens (including phenoxy) is 2. The third-order valence-corrected chi connectivity index (χ3v) is 7.66. The van der Waals surface area contributed by atoms with Gasteiger partial charge in [0.1, 0.15) is 6.04 Å². The number of nitrogens with one attached hydrogen (secondary N) is 1. The lowest BCUT2D eigenvalue weighted by Gasteiger charge is -2.42. The van der Waals surface area contributed by atoms with Crippen molar-refractivity contribution in [2.24, 2.45) is 5.92 Å². The molecule has 3 aliphatic heterocycles. The van der Waals surface area contributed by atoms with Gasteiger partial charge in [-0.15, -0.1) is 0 Å². The molecule has 1 N–H and O–H groups in total. The van der Waals surface area contributed by atoms with Crippen LogP contribution < -0.4 is 20.3 Å². The van der Waals surface area contributed by atoms with Crippen LogP contribution in [0.5, 0.6) is 11.5 Å². The highest BCUT2D eigenvalue weighted by Crippen LogP contribution is 2.35. The summed E-state index contributed by atoms with van der Waals surface area (Å²) in [6.45, 7) is 2.04. The summed E-state index contributed by atoms with van der Waals surface area (Å²) < 4.78 is 12.4. The van der Waals surface area contributed by atoms with Crippen LogP contribution in [0.3, 0.4) is 0 Å². The quantitative estimate of drug-likeness (QED) is 0.544. The van der Waals surface area contributed by atoms with Crippen LogP contribution in [0.2, 0.25) is 0 Å². The van der Waals surface area contributed by atoms with Gasteiger partial charge < -0.3 is 24.3 Å². The molecule has 2 saturated heterocycles. The number of piperidine rings is 1. The Bertz CT molecular complexity index is 1270. The van der Waals surface area contributed by atoms with E-state index >= 15 is 0 Å². The van der Waals surface area contributed by atoms with Crippen molar-refractivity contribution in [3.8, 4) is 11.5 Å². The maximum Gasteiger partial charge on any atom is 0.324 e. The Morgan fingerprint density at radius 2 is 1.84 bits per heavy atom. The molecule has 2 fully saturated rings. The predicted octanol–water partition coefficient (Wildman–Crippen LogP) is 1.75. The van der Waals surface area contributed by atoms with E-state index in [0.717, 1.165) is 17.7 Å². The molecule has 3 atom stereocenters. The molecule has 1 aromatic heterocycles. The molecule has 37 heavy (non-hydrogen) atoms. The van der Waals surface area contributed by atoms with Gasteiger partial charge in [-0.3, -0.25) is 19.3 Å². The first-order chi connectivity index (χ1) is 17.9. The lowest BCUT2D eigenvalue weighted by atomic mass is 9.83. The summed E-state index contributed by atoms with van der Waals surface area (Å²) in [6.07, 6.45) is 1.89. The summed E-state index contributed by atoms with van der Waals surface area (Å²) in [6, 6.07) is 9.69. The Hall–Kier alpha value is -3.82. The highest BCUT2D eigenvalue weighted by Gasteiger charge is 2.39. The molecule has 3 aliphatic rings. The van der Waals surface area contributed by atoms with E-state index in [-0.39, 0.29) is 48.6 Å². The molecule has 10 nitrogen and oxygen atoms in total. The number of nitrogens with zero attached hydrogens (tertiary/aromatic N) is 3. The third kappa shape index (κ3) is 4.92. The maximum absolute atomic E-state index is 13.1. The van der Waals surface area contributed by atoms with E-state index in [4.69, 9.17) is 9.47 Å². The minimum Gasteiger partial charge on any atom is -0.493 e. The standard InChI is InChI=1S/C27H32N4O6/c1-36-22-8-6-17(13-23(22)37-2)10-11-30-26(34)20(28-27(30)35)7-9-24(32)29-14-18-12-19(16-29)21-4-3-5-25(33)31(21)15-18/h3-6,8,13,18-20H,7,9-12,14-16H2,1-2H3,(H,28,35)/t18-,19+,20?/m1/s1. The molecule has 0 saturated carbocycles. The van der Waals surface area contributed by atoms with Gasteiger partial charge in [0.2, 0.25) is 5.91 Å². The van der Waals surface area contributed by atoms with Gasteiger partial charge in [0.25, 0.3) is 11.5 Å². The lowest BCUT2D eigenvalue weighted by molar-refractivity contribution is -0.134. The summed E-state index contributed by atoms with van der Waals surface area (Å²) in [5, 5.41) is 2.73. The van der Waals surface area contributed by atoms with Crippen molar-refractivity contribution >= 4 is 17.8 Å². The molecule has 1 unspecified atom stereocenters. The van der Waals surface area contributed by atoms with Crippen molar-refractivity contribution in [3.05, 3.63) is 58.0 Å². The fourth-order valence-corrected chi connectivity index (χ4v) is 5.79. The van der Waals surface area contributed by atoms with Crippen molar-refractivity contribution in [2.45, 2.75) is 44.2 Å². The highest BCUT2D eigenvalue weighted by atomic mass is 16.5. The van der Waals surface area contributed by atoms with Gasteiger partial charge in [-0.2, -0.15) is 0 Å². The number of aromatic nitrogens is 1. The van der Waals surface area contributed by atoms with Crippen LogP contribution in [0.4, 0.5) is 4.79 Å². The van der Waals surface area contributed by atoms with Crippen molar-refractivity contribution in [1.29, 1.82) is 0 Å². The molecule has 0 aliphatic carbocycles. The van der Waals surface area contributed by atoms with E-state index in [1.54, 1.807) is 32.4 Å². The number of amides is 4. The Morgan fingerprint density at radius 1 is 1.03 bits per heavy atom. The Labute approximate surface area is 215 Å². The van der Waals surface area contributed by atoms with Crippen molar-refractivity contribution in [2.75, 3.05) is 33.9 Å². The number of hydrogen-bond acceptors (Lipinski definition) is 6. The number of fused-ring (bicyclic) bond motifs is 4. The molecule has 0 spiro atoms. The van der Waals surface area contributed by atoms with E-state index in [1.807, 2.05) is 27.7 Å². The second-order valence-corrected chi connectivity index (χ2v) is 9.97. The van der Waals surface area contributed by atoms with Crippen LogP contribution in [0.25, 0.3) is 0 Å². The van der Waals surface area contributed by atoms with Gasteiger partial charge in [0, 0.05) is 50.3 Å². The summed E-state index contributed by atoms with van der Waals surface area (Å²) in [7, 11) is 3.12. The molecule has 196 valence electrons. The number of likely N-dealkylation sites (tertiary alicyclic amines) is 1. The predicted molar refractivity (Wildman–Crippen MR) is 135 cm³/mol. The number of urea groups is 1. The number of carbonyl (C=O) groups is 3. The maximum atomic E-state index is 13.1. The second-order valence-electron chi connectivity index (χ2n) is 9.97. The first-order valence-corrected chi connectivity index (χ1v) is 12.7. The number of rotatable bonds is 8. The van der Waals surface area contributed by atoms with Crippen LogP contribution in [-0.2, 0) is 22.6 Å². The second kappa shape index (κ2) is 10.3. The molecule has 5 rings (SSSR count). The number of imide groups is 1. The normalized spacial score (nSPS) is 22.5. The van der Waals surface area contributed by atoms with E-state index in [9.17, 15) is 19.2 Å². The van der Waals surface area contributed by atoms with E-state index in [0.29, 0.717) is 37.6 Å². The Balaban J connectivity index is 1.15. The number of carbonyl (C=O) groups excluding carboxylic acids is 3. The van der Waals surface area contributed by atoms with Gasteiger partial charge in [-0.1, -0.05) is 12.1 Å². The van der Waals surface area contributed by atoms with Gasteiger partial charge in [-0.25, -0.2) is 4.79 Å². The van der Waals surface area contributed by atoms with Gasteiger partial charge in [-0.05, 0) is 48.9 Å². The molecule has 4 amide bonds. The van der Waals surface area contributed by atoms with Crippen molar-refractivity contribution in [1.82, 2.24) is 19.7 Å². The molecule has 10 heteroatoms. The smallest absolute Gasteiger partial charge is 0.324 e. The number of pyridine rings is 1. The number of hydrogen-bond donors (Lipinski definition) is 1. The first kappa shape index (κ1) is 24.9. The van der Waals surface area contributed by atoms with Crippen molar-refractivity contribution < 1.29 is 23.9 Å². The zero-order valence-corrected chi connectivity index (χ0v) is 21.1. The number of benzene rings is 1. The van der Waals surface area contributed by atoms with Crippen LogP contribution in [0.15, 0.2) is 41.2 Å². The minimum atomic E-state index is -0.703. The molecular weight excluding hydrogens is 476 g/mol. The first-order valence-electron chi connectivity index (χ1n) is 12.7. The lowest BCUT2D eigenvalue weighted by Crippen LogP contribution is -2.49. The zero-order chi connectivity index (χ0) is 26.1. The van der Waals surface area contributed by atoms with Crippen LogP contribution in [-0.4, -0.2) is 72.1 Å². The van der Waals surface area contributed by atoms with E-state index in [1.165, 1.54) is 4.90 Å². The Kier molecular flexibility index (Phi) is 6.90. The fourth-order valence-electron chi connectivity index (χ4n) is 5.79. The largest absolute Gasteiger partial charge is 0.493 e. The summed E-state index contributed by atoms with van der Waals surface area (Å²) in [5.74, 6) is 1.27. The third-order valence-electron chi connectivity index (χ3n) is 7.66. The molecule has 1 aromatic carbocycles. The number of methoxy groups -OCH3 is 2. The Morgan fingerprint density at radius 3 is 2.62 bits per heavy atom. The summed E-state index contributed by atoms with van der Waals surface area (Å²) >= 11 is 0. The van der Waals surface area contributed by atoms with Gasteiger partial charge in [0.15, 0.2) is 11.5 Å². The van der Waals surface area contributed by atoms with E-state index < -0.39 is 12.1 Å². The average Bonchev–Trinajstić information content (AvgIpc) is 3.18. The molecule has 2 aromatic rings. The van der Waals surface area contributed by atoms with E-state index in [2.05, 4.69) is 5.32 Å². The van der Waals surface area contributed by atoms with Gasteiger partial charge in [0.05, 0.1) is 14.2 Å². The fraction of sp³-hybridized carbons (Fsp3) is 0.481. The monoisotopic (exact) mass is 508 g/mol. The molecular formula is C27H32N4O6. The van der Waals surface area contributed by atoms with Gasteiger partial charge >= 0.3 is 6.03 Å². The summed E-state index contributed by atoms with van der Waals surface area (Å²) in [5.41, 5.74) is 1.92. The molecule has 0 radical (unpaired) electrons. The topological polar surface area (TPSA) is 110 Å². The van der Waals surface area contributed by atoms with Crippen molar-refractivity contribution in [3.63, 3.8) is 0 Å². The summed E-state index contributed by atoms with van der Waals surface area (Å²) in [4.78, 5) is 53.8. The van der Waals surface area contributed by atoms with Crippen LogP contribution in [0.1, 0.15) is 36.4 Å². The highest BCUT2D eigenvalue weighted by molar-refractivity contribution is 6.04. The van der Waals surface area contributed by atoms with Crippen LogP contribution in [0, 0.1) is 5.92 Å². The SMILES string of the molecule is COc1ccc(CCN2C(=O)NC(CCC(=O)N3C[C@H]4C[C@@H](C3)c3cccc(=O)n3C4)C2=O)cc1OC.